The van der Waals surface area contributed by atoms with Gasteiger partial charge in [-0.3, -0.25) is 14.9 Å². The second kappa shape index (κ2) is 6.91. The third-order valence-corrected chi connectivity index (χ3v) is 3.97. The van der Waals surface area contributed by atoms with Crippen LogP contribution in [0.15, 0.2) is 23.1 Å². The molecule has 0 unspecified atom stereocenters. The smallest absolute Gasteiger partial charge is 0.283 e. The van der Waals surface area contributed by atoms with Gasteiger partial charge in [0, 0.05) is 25.2 Å². The molecule has 1 rings (SSSR count). The number of hydrogen-bond donors (Lipinski definition) is 1. The number of nitro benzene ring substituents is 1. The van der Waals surface area contributed by atoms with Gasteiger partial charge in [-0.25, -0.2) is 0 Å². The number of hydrogen-bond acceptors (Lipinski definition) is 5. The van der Waals surface area contributed by atoms with Crippen molar-refractivity contribution < 1.29 is 9.72 Å². The Labute approximate surface area is 128 Å². The number of nitrogens with zero attached hydrogens (tertiary/aromatic N) is 2. The maximum atomic E-state index is 12.4. The molecule has 21 heavy (non-hydrogen) atoms. The Morgan fingerprint density at radius 1 is 1.48 bits per heavy atom. The van der Waals surface area contributed by atoms with E-state index in [1.807, 2.05) is 13.8 Å². The molecule has 0 radical (unpaired) electrons. The van der Waals surface area contributed by atoms with E-state index in [-0.39, 0.29) is 17.0 Å². The van der Waals surface area contributed by atoms with E-state index >= 15 is 0 Å². The highest BCUT2D eigenvalue weighted by Crippen LogP contribution is 2.28. The fraction of sp³-hybridized carbons (Fsp3) is 0.500. The lowest BCUT2D eigenvalue weighted by atomic mass is 9.93. The van der Waals surface area contributed by atoms with Crippen molar-refractivity contribution >= 4 is 23.4 Å². The normalized spacial score (nSPS) is 11.3. The number of carbonyl (C=O) groups excluding carboxylic acids is 1. The second-order valence-electron chi connectivity index (χ2n) is 5.67. The third-order valence-electron chi connectivity index (χ3n) is 3.19. The maximum Gasteiger partial charge on any atom is 0.283 e. The van der Waals surface area contributed by atoms with Gasteiger partial charge in [0.25, 0.3) is 11.6 Å². The molecule has 1 aromatic rings. The first-order valence-corrected chi connectivity index (χ1v) is 7.72. The third kappa shape index (κ3) is 4.44. The van der Waals surface area contributed by atoms with Crippen LogP contribution in [0.2, 0.25) is 0 Å². The molecule has 0 aromatic heterocycles. The SMILES string of the molecule is CSc1ccc(C(=O)N(C)CC(C)(C)CN)cc1[N+](=O)[O-]. The fourth-order valence-corrected chi connectivity index (χ4v) is 2.51. The molecule has 1 amide bonds. The van der Waals surface area contributed by atoms with Crippen LogP contribution < -0.4 is 5.73 Å². The summed E-state index contributed by atoms with van der Waals surface area (Å²) in [6, 6.07) is 4.56. The van der Waals surface area contributed by atoms with Gasteiger partial charge in [0.2, 0.25) is 0 Å². The van der Waals surface area contributed by atoms with Crippen molar-refractivity contribution in [2.75, 3.05) is 26.4 Å². The standard InChI is InChI=1S/C14H21N3O3S/c1-14(2,8-15)9-16(3)13(18)10-5-6-12(21-4)11(7-10)17(19)20/h5-7H,8-9,15H2,1-4H3. The van der Waals surface area contributed by atoms with Gasteiger partial charge in [-0.05, 0) is 30.3 Å². The van der Waals surface area contributed by atoms with Gasteiger partial charge in [0.05, 0.1) is 9.82 Å². The molecular formula is C14H21N3O3S. The van der Waals surface area contributed by atoms with Crippen LogP contribution in [0.4, 0.5) is 5.69 Å². The summed E-state index contributed by atoms with van der Waals surface area (Å²) in [4.78, 5) is 25.0. The van der Waals surface area contributed by atoms with Crippen LogP contribution in [0.3, 0.4) is 0 Å². The molecule has 0 aliphatic rings. The van der Waals surface area contributed by atoms with Gasteiger partial charge in [-0.1, -0.05) is 13.8 Å². The van der Waals surface area contributed by atoms with Crippen LogP contribution in [0.1, 0.15) is 24.2 Å². The number of thioether (sulfide) groups is 1. The zero-order valence-corrected chi connectivity index (χ0v) is 13.6. The van der Waals surface area contributed by atoms with Crippen molar-refractivity contribution in [2.24, 2.45) is 11.1 Å². The molecule has 0 saturated heterocycles. The molecule has 6 nitrogen and oxygen atoms in total. The minimum atomic E-state index is -0.466. The number of nitrogens with two attached hydrogens (primary N) is 1. The number of carbonyl (C=O) groups is 1. The topological polar surface area (TPSA) is 89.5 Å². The summed E-state index contributed by atoms with van der Waals surface area (Å²) in [5.74, 6) is -0.243. The van der Waals surface area contributed by atoms with E-state index < -0.39 is 4.92 Å². The van der Waals surface area contributed by atoms with Crippen LogP contribution in [0.5, 0.6) is 0 Å². The first kappa shape index (κ1) is 17.5. The molecule has 0 aliphatic carbocycles. The summed E-state index contributed by atoms with van der Waals surface area (Å²) < 4.78 is 0. The number of amides is 1. The Morgan fingerprint density at radius 2 is 2.10 bits per heavy atom. The van der Waals surface area contributed by atoms with E-state index in [0.717, 1.165) is 0 Å². The van der Waals surface area contributed by atoms with E-state index in [1.165, 1.54) is 17.8 Å². The maximum absolute atomic E-state index is 12.4. The zero-order chi connectivity index (χ0) is 16.2. The highest BCUT2D eigenvalue weighted by molar-refractivity contribution is 7.98. The minimum absolute atomic E-state index is 0.0418. The van der Waals surface area contributed by atoms with Gasteiger partial charge >= 0.3 is 0 Å². The van der Waals surface area contributed by atoms with Gasteiger partial charge in [0.1, 0.15) is 0 Å². The van der Waals surface area contributed by atoms with Gasteiger partial charge < -0.3 is 10.6 Å². The fourth-order valence-electron chi connectivity index (χ4n) is 1.96. The summed E-state index contributed by atoms with van der Waals surface area (Å²) in [5.41, 5.74) is 5.74. The lowest BCUT2D eigenvalue weighted by molar-refractivity contribution is -0.387. The van der Waals surface area contributed by atoms with E-state index in [2.05, 4.69) is 0 Å². The van der Waals surface area contributed by atoms with Crippen LogP contribution in [-0.4, -0.2) is 42.1 Å². The van der Waals surface area contributed by atoms with E-state index in [9.17, 15) is 14.9 Å². The largest absolute Gasteiger partial charge is 0.341 e. The summed E-state index contributed by atoms with van der Waals surface area (Å²) in [6.07, 6.45) is 1.76. The van der Waals surface area contributed by atoms with Crippen molar-refractivity contribution in [3.63, 3.8) is 0 Å². The summed E-state index contributed by atoms with van der Waals surface area (Å²) in [6.45, 7) is 4.88. The van der Waals surface area contributed by atoms with E-state index in [4.69, 9.17) is 5.73 Å². The zero-order valence-electron chi connectivity index (χ0n) is 12.8. The Kier molecular flexibility index (Phi) is 5.74. The van der Waals surface area contributed by atoms with Crippen LogP contribution in [0.25, 0.3) is 0 Å². The highest BCUT2D eigenvalue weighted by atomic mass is 32.2. The van der Waals surface area contributed by atoms with Crippen LogP contribution in [0, 0.1) is 15.5 Å². The lowest BCUT2D eigenvalue weighted by Crippen LogP contribution is -2.39. The van der Waals surface area contributed by atoms with E-state index in [1.54, 1.807) is 30.3 Å². The first-order valence-electron chi connectivity index (χ1n) is 6.50. The average Bonchev–Trinajstić information content (AvgIpc) is 2.45. The molecular weight excluding hydrogens is 290 g/mol. The molecule has 0 heterocycles. The average molecular weight is 311 g/mol. The van der Waals surface area contributed by atoms with Crippen LogP contribution >= 0.6 is 11.8 Å². The first-order chi connectivity index (χ1) is 9.71. The molecule has 7 heteroatoms. The monoisotopic (exact) mass is 311 g/mol. The molecule has 0 spiro atoms. The number of rotatable bonds is 6. The Morgan fingerprint density at radius 3 is 2.57 bits per heavy atom. The number of nitro groups is 1. The van der Waals surface area contributed by atoms with Crippen molar-refractivity contribution in [3.8, 4) is 0 Å². The predicted octanol–water partition coefficient (Wildman–Crippen LogP) is 2.37. The van der Waals surface area contributed by atoms with Crippen molar-refractivity contribution in [1.82, 2.24) is 4.90 Å². The molecule has 2 N–H and O–H groups in total. The molecule has 1 aromatic carbocycles. The predicted molar refractivity (Wildman–Crippen MR) is 84.7 cm³/mol. The molecule has 116 valence electrons. The summed E-state index contributed by atoms with van der Waals surface area (Å²) in [7, 11) is 1.67. The molecule has 0 aliphatic heterocycles. The van der Waals surface area contributed by atoms with Crippen molar-refractivity contribution in [3.05, 3.63) is 33.9 Å². The summed E-state index contributed by atoms with van der Waals surface area (Å²) >= 11 is 1.28. The Hall–Kier alpha value is -1.60. The van der Waals surface area contributed by atoms with Crippen molar-refractivity contribution in [1.29, 1.82) is 0 Å². The quantitative estimate of drug-likeness (QED) is 0.495. The second-order valence-corrected chi connectivity index (χ2v) is 6.52. The highest BCUT2D eigenvalue weighted by Gasteiger charge is 2.24. The molecule has 0 bridgehead atoms. The summed E-state index contributed by atoms with van der Waals surface area (Å²) in [5, 5.41) is 11.1. The number of benzene rings is 1. The lowest BCUT2D eigenvalue weighted by Gasteiger charge is -2.29. The Bertz CT molecular complexity index is 546. The molecule has 0 saturated carbocycles. The van der Waals surface area contributed by atoms with Gasteiger partial charge in [-0.2, -0.15) is 0 Å². The van der Waals surface area contributed by atoms with E-state index in [0.29, 0.717) is 23.5 Å². The minimum Gasteiger partial charge on any atom is -0.341 e. The Balaban J connectivity index is 3.03. The van der Waals surface area contributed by atoms with Crippen LogP contribution in [-0.2, 0) is 0 Å². The molecule has 0 fully saturated rings. The molecule has 0 atom stereocenters. The van der Waals surface area contributed by atoms with Gasteiger partial charge in [-0.15, -0.1) is 11.8 Å². The van der Waals surface area contributed by atoms with Gasteiger partial charge in [0.15, 0.2) is 0 Å². The van der Waals surface area contributed by atoms with Crippen molar-refractivity contribution in [2.45, 2.75) is 18.7 Å².